The van der Waals surface area contributed by atoms with Gasteiger partial charge in [-0.1, -0.05) is 220 Å². The highest BCUT2D eigenvalue weighted by Gasteiger charge is 2.43. The van der Waals surface area contributed by atoms with Gasteiger partial charge in [-0.2, -0.15) is 0 Å². The maximum Gasteiger partial charge on any atom is 0.0159 e. The van der Waals surface area contributed by atoms with Crippen LogP contribution in [0.15, 0.2) is 121 Å². The lowest BCUT2D eigenvalue weighted by molar-refractivity contribution is 0.579. The van der Waals surface area contributed by atoms with E-state index in [1.165, 1.54) is 133 Å². The Hall–Kier alpha value is -5.72. The van der Waals surface area contributed by atoms with Crippen molar-refractivity contribution in [3.63, 3.8) is 0 Å². The van der Waals surface area contributed by atoms with Crippen molar-refractivity contribution < 1.29 is 0 Å². The predicted octanol–water partition coefficient (Wildman–Crippen LogP) is 18.8. The highest BCUT2D eigenvalue weighted by molar-refractivity contribution is 6.29. The molecular weight excluding hydrogens is 793 g/mol. The average molecular weight is 861 g/mol. The fourth-order valence-corrected chi connectivity index (χ4v) is 12.2. The zero-order chi connectivity index (χ0) is 47.0. The molecule has 66 heavy (non-hydrogen) atoms. The van der Waals surface area contributed by atoms with Gasteiger partial charge < -0.3 is 0 Å². The van der Waals surface area contributed by atoms with Gasteiger partial charge in [0.25, 0.3) is 0 Å². The lowest BCUT2D eigenvalue weighted by atomic mass is 9.74. The van der Waals surface area contributed by atoms with Crippen LogP contribution in [0.3, 0.4) is 0 Å². The van der Waals surface area contributed by atoms with Gasteiger partial charge in [-0.25, -0.2) is 0 Å². The molecule has 0 amide bonds. The molecule has 0 bridgehead atoms. The van der Waals surface area contributed by atoms with Gasteiger partial charge in [0, 0.05) is 10.8 Å². The highest BCUT2D eigenvalue weighted by Crippen LogP contribution is 2.63. The second-order valence-corrected chi connectivity index (χ2v) is 25.4. The summed E-state index contributed by atoms with van der Waals surface area (Å²) in [6.45, 7) is 38.3. The largest absolute Gasteiger partial charge is 0.0616 e. The van der Waals surface area contributed by atoms with Gasteiger partial charge in [0.1, 0.15) is 0 Å². The quantitative estimate of drug-likeness (QED) is 0.162. The van der Waals surface area contributed by atoms with E-state index in [-0.39, 0.29) is 32.5 Å². The summed E-state index contributed by atoms with van der Waals surface area (Å²) < 4.78 is 0. The Morgan fingerprint density at radius 1 is 0.288 bits per heavy atom. The third kappa shape index (κ3) is 5.95. The first-order valence-electron chi connectivity index (χ1n) is 24.6. The molecule has 332 valence electrons. The van der Waals surface area contributed by atoms with E-state index in [2.05, 4.69) is 232 Å². The zero-order valence-corrected chi connectivity index (χ0v) is 42.5. The standard InChI is InChI=1S/C66H68/c1-61(2,3)38-27-29-44-50(33-38)65(13,14)52-35-40(63(7,8)9)31-48(55(44)52)57-42-23-17-18-24-43(42)58(60-47-26-20-22-37-21-19-25-46(54(37)47)59(57)60)49-32-41(64(10,11)12)36-53-56(49)45-30-28-39(62(4,5)6)34-51(45)66(53,15)16/h17-36H,1-16H3. The number of benzene rings is 8. The lowest BCUT2D eigenvalue weighted by Gasteiger charge is -2.29. The summed E-state index contributed by atoms with van der Waals surface area (Å²) in [6.07, 6.45) is 0. The molecule has 3 aliphatic rings. The molecule has 8 aromatic rings. The predicted molar refractivity (Wildman–Crippen MR) is 287 cm³/mol. The Kier molecular flexibility index (Phi) is 8.75. The molecule has 8 aromatic carbocycles. The molecule has 0 atom stereocenters. The second kappa shape index (κ2) is 13.5. The van der Waals surface area contributed by atoms with Crippen molar-refractivity contribution in [3.05, 3.63) is 166 Å². The Bertz CT molecular complexity index is 3200. The molecule has 0 N–H and O–H groups in total. The van der Waals surface area contributed by atoms with Crippen molar-refractivity contribution in [1.29, 1.82) is 0 Å². The van der Waals surface area contributed by atoms with Gasteiger partial charge in [0.15, 0.2) is 0 Å². The number of hydrogen-bond donors (Lipinski definition) is 0. The molecular formula is C66H68. The molecule has 0 spiro atoms. The van der Waals surface area contributed by atoms with Crippen molar-refractivity contribution >= 4 is 21.5 Å². The minimum atomic E-state index is -0.176. The molecule has 0 aromatic heterocycles. The van der Waals surface area contributed by atoms with Crippen LogP contribution in [0.1, 0.15) is 155 Å². The van der Waals surface area contributed by atoms with E-state index in [1.807, 2.05) is 0 Å². The molecule has 0 radical (unpaired) electrons. The van der Waals surface area contributed by atoms with Crippen LogP contribution in [0, 0.1) is 0 Å². The van der Waals surface area contributed by atoms with Crippen LogP contribution in [0.4, 0.5) is 0 Å². The summed E-state index contributed by atoms with van der Waals surface area (Å²) in [7, 11) is 0. The van der Waals surface area contributed by atoms with Crippen LogP contribution >= 0.6 is 0 Å². The van der Waals surface area contributed by atoms with Crippen LogP contribution in [0.2, 0.25) is 0 Å². The van der Waals surface area contributed by atoms with Crippen LogP contribution < -0.4 is 0 Å². The highest BCUT2D eigenvalue weighted by atomic mass is 14.5. The zero-order valence-electron chi connectivity index (χ0n) is 42.5. The molecule has 0 fully saturated rings. The summed E-state index contributed by atoms with van der Waals surface area (Å²) in [6, 6.07) is 48.6. The first-order chi connectivity index (χ1) is 30.8. The van der Waals surface area contributed by atoms with Crippen molar-refractivity contribution in [2.24, 2.45) is 0 Å². The molecule has 0 nitrogen and oxygen atoms in total. The first-order valence-corrected chi connectivity index (χ1v) is 24.6. The Morgan fingerprint density at radius 2 is 0.652 bits per heavy atom. The second-order valence-electron chi connectivity index (χ2n) is 25.4. The molecule has 0 aliphatic heterocycles. The van der Waals surface area contributed by atoms with Crippen LogP contribution in [-0.4, -0.2) is 0 Å². The summed E-state index contributed by atoms with van der Waals surface area (Å²) >= 11 is 0. The fraction of sp³-hybridized carbons (Fsp3) is 0.333. The SMILES string of the molecule is CC(C)(C)c1ccc2c(c1)C(C)(C)c1cc(C(C)(C)C)cc(-c3c4c(c(-c5cc(C(C)(C)C)cc6c5-c5ccc(C(C)(C)C)cc5C6(C)C)c5ccccc35)-c3cccc5cccc-4c35)c1-2. The summed E-state index contributed by atoms with van der Waals surface area (Å²) in [5, 5.41) is 5.30. The van der Waals surface area contributed by atoms with E-state index in [0.717, 1.165) is 0 Å². The first kappa shape index (κ1) is 42.9. The fourth-order valence-electron chi connectivity index (χ4n) is 12.2. The minimum Gasteiger partial charge on any atom is -0.0616 e. The number of fused-ring (bicyclic) bond motifs is 10. The summed E-state index contributed by atoms with van der Waals surface area (Å²) in [5.74, 6) is 0. The lowest BCUT2D eigenvalue weighted by Crippen LogP contribution is -2.19. The minimum absolute atomic E-state index is 0.0473. The maximum absolute atomic E-state index is 2.59. The summed E-state index contributed by atoms with van der Waals surface area (Å²) in [4.78, 5) is 0. The van der Waals surface area contributed by atoms with Gasteiger partial charge in [-0.15, -0.1) is 0 Å². The van der Waals surface area contributed by atoms with Crippen LogP contribution in [-0.2, 0) is 32.5 Å². The van der Waals surface area contributed by atoms with Crippen molar-refractivity contribution in [2.75, 3.05) is 0 Å². The van der Waals surface area contributed by atoms with Gasteiger partial charge in [0.2, 0.25) is 0 Å². The van der Waals surface area contributed by atoms with Gasteiger partial charge in [-0.05, 0) is 167 Å². The van der Waals surface area contributed by atoms with Gasteiger partial charge in [0.05, 0.1) is 0 Å². The number of rotatable bonds is 2. The normalized spacial score (nSPS) is 15.5. The van der Waals surface area contributed by atoms with Crippen molar-refractivity contribution in [3.8, 4) is 66.8 Å². The number of hydrogen-bond acceptors (Lipinski definition) is 0. The molecule has 0 heterocycles. The maximum atomic E-state index is 2.59. The molecule has 3 aliphatic carbocycles. The smallest absolute Gasteiger partial charge is 0.0159 e. The Labute approximate surface area is 395 Å². The molecule has 11 rings (SSSR count). The topological polar surface area (TPSA) is 0 Å². The van der Waals surface area contributed by atoms with E-state index in [1.54, 1.807) is 0 Å². The van der Waals surface area contributed by atoms with E-state index >= 15 is 0 Å². The van der Waals surface area contributed by atoms with Gasteiger partial charge in [-0.3, -0.25) is 0 Å². The van der Waals surface area contributed by atoms with E-state index in [4.69, 9.17) is 0 Å². The monoisotopic (exact) mass is 861 g/mol. The third-order valence-corrected chi connectivity index (χ3v) is 16.2. The summed E-state index contributed by atoms with van der Waals surface area (Å²) in [5.41, 5.74) is 27.3. The van der Waals surface area contributed by atoms with Crippen LogP contribution in [0.25, 0.3) is 88.3 Å². The molecule has 0 saturated heterocycles. The van der Waals surface area contributed by atoms with Crippen molar-refractivity contribution in [2.45, 2.75) is 143 Å². The van der Waals surface area contributed by atoms with E-state index in [9.17, 15) is 0 Å². The third-order valence-electron chi connectivity index (χ3n) is 16.2. The van der Waals surface area contributed by atoms with E-state index in [0.29, 0.717) is 0 Å². The van der Waals surface area contributed by atoms with Gasteiger partial charge >= 0.3 is 0 Å². The Balaban J connectivity index is 1.34. The van der Waals surface area contributed by atoms with Crippen molar-refractivity contribution in [1.82, 2.24) is 0 Å². The molecule has 0 heteroatoms. The molecule has 0 saturated carbocycles. The average Bonchev–Trinajstić information content (AvgIpc) is 3.78. The molecule has 0 unspecified atom stereocenters. The van der Waals surface area contributed by atoms with E-state index < -0.39 is 0 Å². The Morgan fingerprint density at radius 3 is 1.02 bits per heavy atom. The van der Waals surface area contributed by atoms with Crippen LogP contribution in [0.5, 0.6) is 0 Å².